The number of allylic oxidation sites excluding steroid dienone is 1. The molecule has 0 saturated heterocycles. The zero-order valence-corrected chi connectivity index (χ0v) is 16.0. The molecule has 0 unspecified atom stereocenters. The molecule has 7 nitrogen and oxygen atoms in total. The van der Waals surface area contributed by atoms with Crippen LogP contribution in [0.3, 0.4) is 0 Å². The van der Waals surface area contributed by atoms with Gasteiger partial charge in [0.05, 0.1) is 23.0 Å². The smallest absolute Gasteiger partial charge is 0.269 e. The minimum atomic E-state index is -3.86. The minimum absolute atomic E-state index is 0.0319. The van der Waals surface area contributed by atoms with E-state index in [-0.39, 0.29) is 10.6 Å². The second kappa shape index (κ2) is 9.29. The Morgan fingerprint density at radius 2 is 1.78 bits per heavy atom. The second-order valence-corrected chi connectivity index (χ2v) is 7.55. The van der Waals surface area contributed by atoms with Crippen LogP contribution < -0.4 is 9.46 Å². The first kappa shape index (κ1) is 20.6. The van der Waals surface area contributed by atoms with Gasteiger partial charge in [-0.1, -0.05) is 37.6 Å². The first-order valence-electron chi connectivity index (χ1n) is 8.44. The third-order valence-electron chi connectivity index (χ3n) is 3.90. The Kier molecular flexibility index (Phi) is 7.09. The Bertz CT molecular complexity index is 891. The van der Waals surface area contributed by atoms with Crippen LogP contribution in [0.5, 0.6) is 5.75 Å². The topological polar surface area (TPSA) is 98.5 Å². The molecule has 0 radical (unpaired) electrons. The second-order valence-electron chi connectivity index (χ2n) is 5.84. The number of nitrogens with one attached hydrogen (secondary N) is 1. The molecule has 0 fully saturated rings. The fourth-order valence-corrected chi connectivity index (χ4v) is 3.59. The summed E-state index contributed by atoms with van der Waals surface area (Å²) in [6.45, 7) is 2.04. The van der Waals surface area contributed by atoms with Crippen LogP contribution in [0, 0.1) is 10.1 Å². The molecule has 144 valence electrons. The summed E-state index contributed by atoms with van der Waals surface area (Å²) in [4.78, 5) is 10.1. The molecule has 8 heteroatoms. The number of ether oxygens (including phenoxy) is 1. The largest absolute Gasteiger partial charge is 0.497 e. The number of nitro groups is 1. The molecule has 1 N–H and O–H groups in total. The molecular formula is C19H22N2O5S. The lowest BCUT2D eigenvalue weighted by Crippen LogP contribution is -2.27. The average molecular weight is 390 g/mol. The number of hydrogen-bond acceptors (Lipinski definition) is 5. The summed E-state index contributed by atoms with van der Waals surface area (Å²) in [7, 11) is -2.30. The van der Waals surface area contributed by atoms with Gasteiger partial charge in [-0.2, -0.15) is 4.72 Å². The van der Waals surface area contributed by atoms with Crippen LogP contribution in [0.25, 0.3) is 0 Å². The normalized spacial score (nSPS) is 12.8. The van der Waals surface area contributed by atoms with Crippen molar-refractivity contribution in [2.45, 2.75) is 30.7 Å². The van der Waals surface area contributed by atoms with E-state index in [1.165, 1.54) is 24.3 Å². The summed E-state index contributed by atoms with van der Waals surface area (Å²) in [5.41, 5.74) is 0.595. The van der Waals surface area contributed by atoms with E-state index in [9.17, 15) is 18.5 Å². The molecule has 2 rings (SSSR count). The van der Waals surface area contributed by atoms with E-state index in [4.69, 9.17) is 4.74 Å². The molecule has 0 heterocycles. The van der Waals surface area contributed by atoms with Crippen molar-refractivity contribution in [2.75, 3.05) is 7.11 Å². The predicted molar refractivity (Wildman–Crippen MR) is 103 cm³/mol. The molecule has 0 aliphatic carbocycles. The standard InChI is InChI=1S/C19H22N2O5S/c1-3-4-5-6-19(15-7-11-17(26-2)12-8-15)20-27(24,25)18-13-9-16(10-14-18)21(22)23/h5-14,19-20H,3-4H2,1-2H3/b6-5+/t19-/m0/s1. The van der Waals surface area contributed by atoms with Crippen LogP contribution in [0.1, 0.15) is 31.4 Å². The molecule has 0 spiro atoms. The Morgan fingerprint density at radius 3 is 2.30 bits per heavy atom. The van der Waals surface area contributed by atoms with Crippen molar-refractivity contribution in [1.29, 1.82) is 0 Å². The number of sulfonamides is 1. The van der Waals surface area contributed by atoms with Crippen LogP contribution in [0.15, 0.2) is 65.6 Å². The van der Waals surface area contributed by atoms with Crippen LogP contribution in [-0.2, 0) is 10.0 Å². The van der Waals surface area contributed by atoms with E-state index in [0.717, 1.165) is 18.4 Å². The number of nitrogens with zero attached hydrogens (tertiary/aromatic N) is 1. The molecule has 0 bridgehead atoms. The van der Waals surface area contributed by atoms with Gasteiger partial charge < -0.3 is 4.74 Å². The van der Waals surface area contributed by atoms with Gasteiger partial charge in [0.1, 0.15) is 5.75 Å². The maximum atomic E-state index is 12.7. The number of nitro benzene ring substituents is 1. The van der Waals surface area contributed by atoms with Gasteiger partial charge >= 0.3 is 0 Å². The number of rotatable bonds is 9. The van der Waals surface area contributed by atoms with Crippen molar-refractivity contribution < 1.29 is 18.1 Å². The zero-order valence-electron chi connectivity index (χ0n) is 15.2. The summed E-state index contributed by atoms with van der Waals surface area (Å²) in [5, 5.41) is 10.7. The van der Waals surface area contributed by atoms with Gasteiger partial charge in [-0.05, 0) is 36.2 Å². The fourth-order valence-electron chi connectivity index (χ4n) is 2.41. The molecule has 0 aliphatic heterocycles. The summed E-state index contributed by atoms with van der Waals surface area (Å²) in [6, 6.07) is 11.3. The summed E-state index contributed by atoms with van der Waals surface area (Å²) < 4.78 is 33.2. The molecule has 2 aromatic carbocycles. The van der Waals surface area contributed by atoms with Crippen LogP contribution in [-0.4, -0.2) is 20.5 Å². The lowest BCUT2D eigenvalue weighted by Gasteiger charge is -2.16. The van der Waals surface area contributed by atoms with E-state index in [1.807, 2.05) is 13.0 Å². The highest BCUT2D eigenvalue weighted by Crippen LogP contribution is 2.23. The first-order valence-corrected chi connectivity index (χ1v) is 9.93. The van der Waals surface area contributed by atoms with Crippen molar-refractivity contribution in [3.05, 3.63) is 76.4 Å². The summed E-state index contributed by atoms with van der Waals surface area (Å²) in [6.07, 6.45) is 5.49. The Balaban J connectivity index is 2.30. The highest BCUT2D eigenvalue weighted by Gasteiger charge is 2.20. The predicted octanol–water partition coefficient (Wildman–Crippen LogP) is 3.98. The Hall–Kier alpha value is -2.71. The van der Waals surface area contributed by atoms with Gasteiger partial charge in [0.15, 0.2) is 0 Å². The zero-order chi connectivity index (χ0) is 19.9. The van der Waals surface area contributed by atoms with Crippen LogP contribution in [0.2, 0.25) is 0 Å². The SMILES string of the molecule is CCC/C=C/[C@H](NS(=O)(=O)c1ccc([N+](=O)[O-])cc1)c1ccc(OC)cc1. The minimum Gasteiger partial charge on any atom is -0.497 e. The van der Waals surface area contributed by atoms with E-state index in [2.05, 4.69) is 4.72 Å². The van der Waals surface area contributed by atoms with Crippen molar-refractivity contribution in [2.24, 2.45) is 0 Å². The van der Waals surface area contributed by atoms with E-state index < -0.39 is 21.0 Å². The van der Waals surface area contributed by atoms with E-state index >= 15 is 0 Å². The lowest BCUT2D eigenvalue weighted by atomic mass is 10.1. The molecule has 0 aromatic heterocycles. The van der Waals surface area contributed by atoms with Gasteiger partial charge in [0.2, 0.25) is 10.0 Å². The molecule has 27 heavy (non-hydrogen) atoms. The maximum Gasteiger partial charge on any atom is 0.269 e. The van der Waals surface area contributed by atoms with Gasteiger partial charge in [-0.15, -0.1) is 0 Å². The van der Waals surface area contributed by atoms with Crippen molar-refractivity contribution >= 4 is 15.7 Å². The number of benzene rings is 2. The third-order valence-corrected chi connectivity index (χ3v) is 5.36. The van der Waals surface area contributed by atoms with Crippen molar-refractivity contribution in [3.63, 3.8) is 0 Å². The summed E-state index contributed by atoms with van der Waals surface area (Å²) in [5.74, 6) is 0.674. The Morgan fingerprint density at radius 1 is 1.15 bits per heavy atom. The van der Waals surface area contributed by atoms with Gasteiger partial charge in [0.25, 0.3) is 5.69 Å². The monoisotopic (exact) mass is 390 g/mol. The fraction of sp³-hybridized carbons (Fsp3) is 0.263. The molecule has 0 amide bonds. The number of non-ortho nitro benzene ring substituents is 1. The molecule has 1 atom stereocenters. The highest BCUT2D eigenvalue weighted by atomic mass is 32.2. The highest BCUT2D eigenvalue weighted by molar-refractivity contribution is 7.89. The quantitative estimate of drug-likeness (QED) is 0.397. The number of methoxy groups -OCH3 is 1. The Labute approximate surface area is 158 Å². The average Bonchev–Trinajstić information content (AvgIpc) is 2.67. The van der Waals surface area contributed by atoms with Crippen molar-refractivity contribution in [1.82, 2.24) is 4.72 Å². The molecule has 0 aliphatic rings. The molecule has 2 aromatic rings. The van der Waals surface area contributed by atoms with E-state index in [0.29, 0.717) is 5.75 Å². The van der Waals surface area contributed by atoms with Gasteiger partial charge in [-0.25, -0.2) is 8.42 Å². The number of unbranched alkanes of at least 4 members (excludes halogenated alkanes) is 1. The first-order chi connectivity index (χ1) is 12.9. The van der Waals surface area contributed by atoms with Gasteiger partial charge in [0, 0.05) is 12.1 Å². The lowest BCUT2D eigenvalue weighted by molar-refractivity contribution is -0.384. The van der Waals surface area contributed by atoms with E-state index in [1.54, 1.807) is 37.5 Å². The van der Waals surface area contributed by atoms with Crippen LogP contribution in [0.4, 0.5) is 5.69 Å². The maximum absolute atomic E-state index is 12.7. The van der Waals surface area contributed by atoms with Crippen molar-refractivity contribution in [3.8, 4) is 5.75 Å². The summed E-state index contributed by atoms with van der Waals surface area (Å²) >= 11 is 0. The van der Waals surface area contributed by atoms with Crippen LogP contribution >= 0.6 is 0 Å². The molecular weight excluding hydrogens is 368 g/mol. The number of hydrogen-bond donors (Lipinski definition) is 1. The molecule has 0 saturated carbocycles. The third kappa shape index (κ3) is 5.63. The van der Waals surface area contributed by atoms with Gasteiger partial charge in [-0.3, -0.25) is 10.1 Å².